The summed E-state index contributed by atoms with van der Waals surface area (Å²) in [6, 6.07) is 0. The largest absolute Gasteiger partial charge is 0.232 e. The first-order valence-electron chi connectivity index (χ1n) is 4.80. The summed E-state index contributed by atoms with van der Waals surface area (Å²) in [5.41, 5.74) is 0. The number of rotatable bonds is 7. The van der Waals surface area contributed by atoms with Crippen molar-refractivity contribution in [1.82, 2.24) is 0 Å². The summed E-state index contributed by atoms with van der Waals surface area (Å²) in [7, 11) is 0. The third-order valence-corrected chi connectivity index (χ3v) is 1.68. The van der Waals surface area contributed by atoms with Crippen molar-refractivity contribution in [2.24, 2.45) is 0 Å². The highest BCUT2D eigenvalue weighted by molar-refractivity contribution is 4.92. The monoisotopic (exact) mass is 167 g/mol. The topological polar surface area (TPSA) is 19.9 Å². The molecule has 0 heterocycles. The van der Waals surface area contributed by atoms with Gasteiger partial charge in [-0.1, -0.05) is 44.1 Å². The molecule has 0 saturated carbocycles. The van der Waals surface area contributed by atoms with E-state index in [1.54, 1.807) is 6.08 Å². The molecule has 69 valence electrons. The summed E-state index contributed by atoms with van der Waals surface area (Å²) in [5, 5.41) is 9.99. The molecule has 0 aromatic heterocycles. The molecule has 0 aromatic carbocycles. The van der Waals surface area contributed by atoms with Crippen molar-refractivity contribution >= 4 is 0 Å². The second-order valence-corrected chi connectivity index (χ2v) is 2.84. The molecule has 0 aliphatic carbocycles. The van der Waals surface area contributed by atoms with Gasteiger partial charge in [-0.2, -0.15) is 0 Å². The quantitative estimate of drug-likeness (QED) is 0.408. The van der Waals surface area contributed by atoms with E-state index in [1.165, 1.54) is 25.7 Å². The second kappa shape index (κ2) is 10.4. The summed E-state index contributed by atoms with van der Waals surface area (Å²) in [4.78, 5) is 0. The number of hydrogen-bond acceptors (Lipinski definition) is 0. The van der Waals surface area contributed by atoms with Crippen LogP contribution in [0.3, 0.4) is 0 Å². The van der Waals surface area contributed by atoms with Crippen molar-refractivity contribution in [1.29, 1.82) is 0 Å². The van der Waals surface area contributed by atoms with E-state index in [4.69, 9.17) is 0 Å². The maximum atomic E-state index is 9.99. The number of allylic oxidation sites excluding steroid dienone is 3. The molecule has 1 radical (unpaired) electrons. The SMILES string of the molecule is CCCCC/C=C/C/C=C/C[O]. The van der Waals surface area contributed by atoms with Gasteiger partial charge in [0, 0.05) is 0 Å². The molecule has 0 N–H and O–H groups in total. The summed E-state index contributed by atoms with van der Waals surface area (Å²) in [6.07, 6.45) is 13.9. The summed E-state index contributed by atoms with van der Waals surface area (Å²) in [5.74, 6) is 0. The minimum absolute atomic E-state index is 0.0936. The van der Waals surface area contributed by atoms with E-state index in [-0.39, 0.29) is 6.61 Å². The minimum atomic E-state index is -0.0936. The molecule has 0 spiro atoms. The Morgan fingerprint density at radius 1 is 1.00 bits per heavy atom. The fourth-order valence-electron chi connectivity index (χ4n) is 0.969. The molecule has 0 saturated heterocycles. The second-order valence-electron chi connectivity index (χ2n) is 2.84. The van der Waals surface area contributed by atoms with E-state index in [9.17, 15) is 5.11 Å². The Bertz CT molecular complexity index is 125. The molecule has 0 amide bonds. The van der Waals surface area contributed by atoms with Crippen molar-refractivity contribution in [2.75, 3.05) is 6.61 Å². The van der Waals surface area contributed by atoms with Crippen LogP contribution in [0.15, 0.2) is 24.3 Å². The lowest BCUT2D eigenvalue weighted by Crippen LogP contribution is -1.71. The smallest absolute Gasteiger partial charge is 0.100 e. The van der Waals surface area contributed by atoms with Crippen LogP contribution in [0, 0.1) is 0 Å². The zero-order valence-corrected chi connectivity index (χ0v) is 7.96. The first-order chi connectivity index (χ1) is 5.91. The fourth-order valence-corrected chi connectivity index (χ4v) is 0.969. The van der Waals surface area contributed by atoms with Crippen molar-refractivity contribution in [3.63, 3.8) is 0 Å². The van der Waals surface area contributed by atoms with E-state index in [0.717, 1.165) is 6.42 Å². The van der Waals surface area contributed by atoms with Gasteiger partial charge in [-0.15, -0.1) is 0 Å². The van der Waals surface area contributed by atoms with Crippen LogP contribution in [0.4, 0.5) is 0 Å². The normalized spacial score (nSPS) is 11.8. The molecule has 1 nitrogen and oxygen atoms in total. The van der Waals surface area contributed by atoms with Gasteiger partial charge >= 0.3 is 0 Å². The molecule has 1 heteroatoms. The van der Waals surface area contributed by atoms with E-state index in [0.29, 0.717) is 0 Å². The molecule has 0 fully saturated rings. The maximum absolute atomic E-state index is 9.99. The lowest BCUT2D eigenvalue weighted by molar-refractivity contribution is 0.232. The zero-order valence-electron chi connectivity index (χ0n) is 7.96. The minimum Gasteiger partial charge on any atom is -0.232 e. The van der Waals surface area contributed by atoms with Crippen LogP contribution < -0.4 is 0 Å². The number of unbranched alkanes of at least 4 members (excludes halogenated alkanes) is 3. The van der Waals surface area contributed by atoms with Crippen LogP contribution in [-0.4, -0.2) is 6.61 Å². The summed E-state index contributed by atoms with van der Waals surface area (Å²) < 4.78 is 0. The van der Waals surface area contributed by atoms with Crippen LogP contribution in [0.2, 0.25) is 0 Å². The highest BCUT2D eigenvalue weighted by Gasteiger charge is 1.80. The van der Waals surface area contributed by atoms with Gasteiger partial charge in [-0.3, -0.25) is 0 Å². The van der Waals surface area contributed by atoms with Gasteiger partial charge in [0.2, 0.25) is 0 Å². The Labute approximate surface area is 75.8 Å². The Balaban J connectivity index is 3.08. The Hall–Kier alpha value is -0.560. The molecule has 0 rings (SSSR count). The lowest BCUT2D eigenvalue weighted by Gasteiger charge is -1.90. The van der Waals surface area contributed by atoms with Crippen molar-refractivity contribution < 1.29 is 5.11 Å². The van der Waals surface area contributed by atoms with Crippen molar-refractivity contribution in [3.8, 4) is 0 Å². The van der Waals surface area contributed by atoms with Gasteiger partial charge in [0.05, 0.1) is 0 Å². The van der Waals surface area contributed by atoms with Gasteiger partial charge in [-0.05, 0) is 19.3 Å². The average Bonchev–Trinajstić information content (AvgIpc) is 2.10. The third-order valence-electron chi connectivity index (χ3n) is 1.68. The average molecular weight is 167 g/mol. The molecule has 12 heavy (non-hydrogen) atoms. The molecular weight excluding hydrogens is 148 g/mol. The third kappa shape index (κ3) is 9.44. The molecule has 0 unspecified atom stereocenters. The van der Waals surface area contributed by atoms with E-state index in [2.05, 4.69) is 19.1 Å². The Morgan fingerprint density at radius 3 is 2.42 bits per heavy atom. The molecule has 0 aliphatic heterocycles. The zero-order chi connectivity index (χ0) is 9.07. The first-order valence-corrected chi connectivity index (χ1v) is 4.80. The lowest BCUT2D eigenvalue weighted by atomic mass is 10.2. The van der Waals surface area contributed by atoms with Crippen LogP contribution in [0.1, 0.15) is 39.0 Å². The van der Waals surface area contributed by atoms with Gasteiger partial charge in [0.1, 0.15) is 6.61 Å². The van der Waals surface area contributed by atoms with E-state index in [1.807, 2.05) is 6.08 Å². The van der Waals surface area contributed by atoms with E-state index < -0.39 is 0 Å². The van der Waals surface area contributed by atoms with Gasteiger partial charge in [0.25, 0.3) is 0 Å². The summed E-state index contributed by atoms with van der Waals surface area (Å²) >= 11 is 0. The molecule has 0 bridgehead atoms. The standard InChI is InChI=1S/C11H19O/c1-2-3-4-5-6-7-8-9-10-11-12/h6-7,9-10H,2-5,8,11H2,1H3/b7-6+,10-9+. The Kier molecular flexibility index (Phi) is 9.95. The molecule has 0 atom stereocenters. The predicted molar refractivity (Wildman–Crippen MR) is 52.6 cm³/mol. The number of hydrogen-bond donors (Lipinski definition) is 0. The molecule has 0 aliphatic rings. The van der Waals surface area contributed by atoms with Gasteiger partial charge < -0.3 is 0 Å². The van der Waals surface area contributed by atoms with Crippen LogP contribution in [-0.2, 0) is 5.11 Å². The molecule has 0 aromatic rings. The van der Waals surface area contributed by atoms with Crippen molar-refractivity contribution in [3.05, 3.63) is 24.3 Å². The van der Waals surface area contributed by atoms with Crippen LogP contribution >= 0.6 is 0 Å². The maximum Gasteiger partial charge on any atom is 0.100 e. The fraction of sp³-hybridized carbons (Fsp3) is 0.636. The summed E-state index contributed by atoms with van der Waals surface area (Å²) in [6.45, 7) is 2.12. The molecular formula is C11H19O. The first kappa shape index (κ1) is 11.4. The Morgan fingerprint density at radius 2 is 1.75 bits per heavy atom. The predicted octanol–water partition coefficient (Wildman–Crippen LogP) is 3.50. The van der Waals surface area contributed by atoms with Gasteiger partial charge in [0.15, 0.2) is 0 Å². The van der Waals surface area contributed by atoms with E-state index >= 15 is 0 Å². The van der Waals surface area contributed by atoms with Crippen LogP contribution in [0.5, 0.6) is 0 Å². The van der Waals surface area contributed by atoms with Crippen LogP contribution in [0.25, 0.3) is 0 Å². The van der Waals surface area contributed by atoms with Gasteiger partial charge in [-0.25, -0.2) is 5.11 Å². The highest BCUT2D eigenvalue weighted by atomic mass is 16.2. The van der Waals surface area contributed by atoms with Crippen molar-refractivity contribution in [2.45, 2.75) is 39.0 Å². The highest BCUT2D eigenvalue weighted by Crippen LogP contribution is 2.00.